The second-order valence-electron chi connectivity index (χ2n) is 6.96. The van der Waals surface area contributed by atoms with Gasteiger partial charge in [0.1, 0.15) is 5.75 Å². The molecule has 0 saturated heterocycles. The van der Waals surface area contributed by atoms with Gasteiger partial charge in [-0.2, -0.15) is 0 Å². The molecule has 3 aromatic carbocycles. The lowest BCUT2D eigenvalue weighted by molar-refractivity contribution is -0.118. The van der Waals surface area contributed by atoms with E-state index in [4.69, 9.17) is 16.3 Å². The first-order chi connectivity index (χ1) is 14.4. The highest BCUT2D eigenvalue weighted by atomic mass is 79.9. The third-order valence-corrected chi connectivity index (χ3v) is 5.54. The van der Waals surface area contributed by atoms with E-state index in [2.05, 4.69) is 57.8 Å². The summed E-state index contributed by atoms with van der Waals surface area (Å²) in [6, 6.07) is 19.6. The third kappa shape index (κ3) is 6.25. The van der Waals surface area contributed by atoms with Gasteiger partial charge in [0.15, 0.2) is 6.61 Å². The van der Waals surface area contributed by atoms with Gasteiger partial charge in [-0.05, 0) is 82.4 Å². The van der Waals surface area contributed by atoms with Crippen LogP contribution in [0.4, 0.5) is 11.4 Å². The van der Waals surface area contributed by atoms with E-state index in [9.17, 15) is 4.79 Å². The topological polar surface area (TPSA) is 50.4 Å². The van der Waals surface area contributed by atoms with E-state index >= 15 is 0 Å². The van der Waals surface area contributed by atoms with Gasteiger partial charge >= 0.3 is 0 Å². The molecule has 0 aromatic heterocycles. The Labute approximate surface area is 190 Å². The van der Waals surface area contributed by atoms with Gasteiger partial charge < -0.3 is 15.4 Å². The summed E-state index contributed by atoms with van der Waals surface area (Å²) in [5.41, 5.74) is 5.13. The number of ether oxygens (including phenoxy) is 1. The number of benzene rings is 3. The van der Waals surface area contributed by atoms with E-state index in [1.54, 1.807) is 12.1 Å². The Morgan fingerprint density at radius 1 is 1.03 bits per heavy atom. The predicted octanol–water partition coefficient (Wildman–Crippen LogP) is 6.60. The number of anilines is 2. The van der Waals surface area contributed by atoms with E-state index in [0.29, 0.717) is 23.0 Å². The van der Waals surface area contributed by atoms with Crippen molar-refractivity contribution in [1.82, 2.24) is 0 Å². The number of carbonyl (C=O) groups is 1. The molecule has 3 aromatic rings. The van der Waals surface area contributed by atoms with Crippen molar-refractivity contribution in [3.05, 3.63) is 86.8 Å². The minimum atomic E-state index is -0.242. The summed E-state index contributed by atoms with van der Waals surface area (Å²) < 4.78 is 6.47. The van der Waals surface area contributed by atoms with E-state index < -0.39 is 0 Å². The number of aryl methyl sites for hydroxylation is 2. The monoisotopic (exact) mass is 486 g/mol. The van der Waals surface area contributed by atoms with Crippen LogP contribution >= 0.6 is 27.5 Å². The van der Waals surface area contributed by atoms with Gasteiger partial charge in [-0.1, -0.05) is 42.8 Å². The van der Waals surface area contributed by atoms with Crippen molar-refractivity contribution in [3.8, 4) is 5.75 Å². The molecule has 0 fully saturated rings. The average molecular weight is 488 g/mol. The maximum absolute atomic E-state index is 12.2. The van der Waals surface area contributed by atoms with Gasteiger partial charge in [-0.25, -0.2) is 0 Å². The Balaban J connectivity index is 1.53. The number of carbonyl (C=O) groups excluding carboxylic acids is 1. The van der Waals surface area contributed by atoms with Crippen LogP contribution in [0.25, 0.3) is 0 Å². The number of hydrogen-bond donors (Lipinski definition) is 2. The Morgan fingerprint density at radius 2 is 1.77 bits per heavy atom. The first-order valence-corrected chi connectivity index (χ1v) is 10.9. The number of halogens is 2. The van der Waals surface area contributed by atoms with Crippen LogP contribution in [0.1, 0.15) is 23.6 Å². The zero-order chi connectivity index (χ0) is 21.5. The molecule has 30 heavy (non-hydrogen) atoms. The van der Waals surface area contributed by atoms with E-state index in [1.165, 1.54) is 5.56 Å². The number of nitrogens with one attached hydrogen (secondary N) is 2. The fourth-order valence-corrected chi connectivity index (χ4v) is 3.61. The summed E-state index contributed by atoms with van der Waals surface area (Å²) >= 11 is 9.52. The molecule has 0 bridgehead atoms. The van der Waals surface area contributed by atoms with Crippen molar-refractivity contribution in [3.63, 3.8) is 0 Å². The Bertz CT molecular complexity index is 1020. The summed E-state index contributed by atoms with van der Waals surface area (Å²) in [6.45, 7) is 4.66. The summed E-state index contributed by atoms with van der Waals surface area (Å²) in [6.07, 6.45) is 1.03. The van der Waals surface area contributed by atoms with Crippen molar-refractivity contribution in [1.29, 1.82) is 0 Å². The first kappa shape index (κ1) is 22.2. The van der Waals surface area contributed by atoms with E-state index in [-0.39, 0.29) is 12.5 Å². The van der Waals surface area contributed by atoms with Crippen LogP contribution in [0.5, 0.6) is 5.75 Å². The van der Waals surface area contributed by atoms with Gasteiger partial charge in [0, 0.05) is 22.9 Å². The van der Waals surface area contributed by atoms with Crippen molar-refractivity contribution in [2.75, 3.05) is 17.2 Å². The molecule has 0 atom stereocenters. The Kier molecular flexibility index (Phi) is 7.77. The van der Waals surface area contributed by atoms with E-state index in [1.807, 2.05) is 31.2 Å². The molecular formula is C24H24BrClN2O2. The molecule has 4 nitrogen and oxygen atoms in total. The van der Waals surface area contributed by atoms with Crippen molar-refractivity contribution in [2.24, 2.45) is 0 Å². The molecule has 0 radical (unpaired) electrons. The highest BCUT2D eigenvalue weighted by molar-refractivity contribution is 9.10. The lowest BCUT2D eigenvalue weighted by Gasteiger charge is -2.12. The lowest BCUT2D eigenvalue weighted by Crippen LogP contribution is -2.20. The quantitative estimate of drug-likeness (QED) is 0.376. The normalized spacial score (nSPS) is 10.5. The van der Waals surface area contributed by atoms with Crippen LogP contribution in [0.15, 0.2) is 65.1 Å². The van der Waals surface area contributed by atoms with Crippen LogP contribution < -0.4 is 15.4 Å². The first-order valence-electron chi connectivity index (χ1n) is 9.74. The second-order valence-corrected chi connectivity index (χ2v) is 8.26. The summed E-state index contributed by atoms with van der Waals surface area (Å²) in [4.78, 5) is 12.2. The van der Waals surface area contributed by atoms with Crippen LogP contribution in [0, 0.1) is 6.92 Å². The highest BCUT2D eigenvalue weighted by Crippen LogP contribution is 2.27. The van der Waals surface area contributed by atoms with Crippen LogP contribution in [0.2, 0.25) is 5.02 Å². The van der Waals surface area contributed by atoms with E-state index in [0.717, 1.165) is 27.7 Å². The van der Waals surface area contributed by atoms with Gasteiger partial charge in [0.2, 0.25) is 0 Å². The number of rotatable bonds is 8. The molecule has 6 heteroatoms. The summed E-state index contributed by atoms with van der Waals surface area (Å²) in [5.74, 6) is 0.373. The van der Waals surface area contributed by atoms with Crippen molar-refractivity contribution in [2.45, 2.75) is 26.8 Å². The summed E-state index contributed by atoms with van der Waals surface area (Å²) in [7, 11) is 0. The zero-order valence-corrected chi connectivity index (χ0v) is 19.3. The molecule has 1 amide bonds. The molecule has 0 unspecified atom stereocenters. The lowest BCUT2D eigenvalue weighted by atomic mass is 10.1. The van der Waals surface area contributed by atoms with Crippen LogP contribution in [-0.2, 0) is 17.8 Å². The average Bonchev–Trinajstić information content (AvgIpc) is 2.74. The van der Waals surface area contributed by atoms with Gasteiger partial charge in [0.05, 0.1) is 4.47 Å². The van der Waals surface area contributed by atoms with Gasteiger partial charge in [-0.15, -0.1) is 0 Å². The molecular weight excluding hydrogens is 464 g/mol. The largest absolute Gasteiger partial charge is 0.483 e. The Morgan fingerprint density at radius 3 is 2.47 bits per heavy atom. The fraction of sp³-hybridized carbons (Fsp3) is 0.208. The molecule has 156 valence electrons. The molecule has 0 aliphatic rings. The van der Waals surface area contributed by atoms with Crippen molar-refractivity contribution < 1.29 is 9.53 Å². The number of hydrogen-bond acceptors (Lipinski definition) is 3. The van der Waals surface area contributed by atoms with Gasteiger partial charge in [-0.3, -0.25) is 4.79 Å². The number of amides is 1. The minimum Gasteiger partial charge on any atom is -0.483 e. The molecule has 0 spiro atoms. The predicted molar refractivity (Wildman–Crippen MR) is 128 cm³/mol. The van der Waals surface area contributed by atoms with Crippen molar-refractivity contribution >= 4 is 44.8 Å². The van der Waals surface area contributed by atoms with Crippen LogP contribution in [0.3, 0.4) is 0 Å². The third-order valence-electron chi connectivity index (χ3n) is 4.69. The highest BCUT2D eigenvalue weighted by Gasteiger charge is 2.09. The SMILES string of the molecule is CCc1ccc(NCc2ccc(OCC(=O)Nc3cc(Cl)ccc3C)c(Br)c2)cc1. The Hall–Kier alpha value is -2.50. The maximum Gasteiger partial charge on any atom is 0.262 e. The van der Waals surface area contributed by atoms with Crippen LogP contribution in [-0.4, -0.2) is 12.5 Å². The zero-order valence-electron chi connectivity index (χ0n) is 17.0. The van der Waals surface area contributed by atoms with Gasteiger partial charge in [0.25, 0.3) is 5.91 Å². The molecule has 3 rings (SSSR count). The molecule has 0 aliphatic carbocycles. The minimum absolute atomic E-state index is 0.0913. The second kappa shape index (κ2) is 10.5. The molecule has 0 saturated carbocycles. The maximum atomic E-state index is 12.2. The fourth-order valence-electron chi connectivity index (χ4n) is 2.89. The molecule has 0 heterocycles. The standard InChI is InChI=1S/C24H24BrClN2O2/c1-3-17-5-9-20(10-6-17)27-14-18-7-11-23(21(25)12-18)30-15-24(29)28-22-13-19(26)8-4-16(22)2/h4-13,27H,3,14-15H2,1-2H3,(H,28,29). The molecule has 2 N–H and O–H groups in total. The smallest absolute Gasteiger partial charge is 0.262 e. The molecule has 0 aliphatic heterocycles. The summed E-state index contributed by atoms with van der Waals surface area (Å²) in [5, 5.41) is 6.81.